The number of aromatic carboxylic acids is 1. The molecule has 1 amide bonds. The number of carbonyl (C=O) groups excluding carboxylic acids is 1. The smallest absolute Gasteiger partial charge is 0.335 e. The fourth-order valence-electron chi connectivity index (χ4n) is 2.50. The van der Waals surface area contributed by atoms with Crippen molar-refractivity contribution in [2.24, 2.45) is 0 Å². The van der Waals surface area contributed by atoms with Gasteiger partial charge in [-0.05, 0) is 37.0 Å². The van der Waals surface area contributed by atoms with Gasteiger partial charge in [-0.1, -0.05) is 6.07 Å². The highest BCUT2D eigenvalue weighted by molar-refractivity contribution is 5.88. The van der Waals surface area contributed by atoms with Crippen molar-refractivity contribution < 1.29 is 24.2 Å². The lowest BCUT2D eigenvalue weighted by atomic mass is 10.1. The first-order valence-electron chi connectivity index (χ1n) is 7.38. The number of carboxylic acid groups (broad SMARTS) is 1. The van der Waals surface area contributed by atoms with Crippen LogP contribution in [0.4, 0.5) is 0 Å². The quantitative estimate of drug-likeness (QED) is 0.799. The van der Waals surface area contributed by atoms with Crippen LogP contribution in [0, 0.1) is 0 Å². The highest BCUT2D eigenvalue weighted by atomic mass is 16.5. The van der Waals surface area contributed by atoms with E-state index in [1.165, 1.54) is 19.2 Å². The summed E-state index contributed by atoms with van der Waals surface area (Å²) in [5.74, 6) is -0.490. The van der Waals surface area contributed by atoms with E-state index in [4.69, 9.17) is 14.6 Å². The van der Waals surface area contributed by atoms with Gasteiger partial charge in [0, 0.05) is 13.2 Å². The first-order valence-corrected chi connectivity index (χ1v) is 7.38. The van der Waals surface area contributed by atoms with E-state index in [1.807, 2.05) is 0 Å². The van der Waals surface area contributed by atoms with Gasteiger partial charge in [0.1, 0.15) is 5.75 Å². The molecule has 120 valence electrons. The number of benzene rings is 1. The van der Waals surface area contributed by atoms with Gasteiger partial charge >= 0.3 is 5.97 Å². The largest absolute Gasteiger partial charge is 0.496 e. The predicted molar refractivity (Wildman–Crippen MR) is 80.3 cm³/mol. The van der Waals surface area contributed by atoms with Crippen LogP contribution in [-0.2, 0) is 16.0 Å². The van der Waals surface area contributed by atoms with E-state index in [0.29, 0.717) is 25.1 Å². The molecule has 1 saturated heterocycles. The van der Waals surface area contributed by atoms with E-state index in [1.54, 1.807) is 6.07 Å². The monoisotopic (exact) mass is 307 g/mol. The molecule has 2 rings (SSSR count). The first kappa shape index (κ1) is 16.3. The maximum atomic E-state index is 11.8. The zero-order valence-corrected chi connectivity index (χ0v) is 12.6. The summed E-state index contributed by atoms with van der Waals surface area (Å²) in [5.41, 5.74) is 1.05. The number of carbonyl (C=O) groups is 2. The standard InChI is InChI=1S/C16H21NO5/c1-21-14-9-12(16(19)20)5-4-11(14)6-7-17-15(18)10-13-3-2-8-22-13/h4-5,9,13H,2-3,6-8,10H2,1H3,(H,17,18)(H,19,20). The maximum Gasteiger partial charge on any atom is 0.335 e. The number of hydrogen-bond donors (Lipinski definition) is 2. The molecule has 1 aliphatic heterocycles. The van der Waals surface area contributed by atoms with Crippen molar-refractivity contribution in [2.75, 3.05) is 20.3 Å². The van der Waals surface area contributed by atoms with E-state index < -0.39 is 5.97 Å². The van der Waals surface area contributed by atoms with E-state index in [2.05, 4.69) is 5.32 Å². The van der Waals surface area contributed by atoms with Gasteiger partial charge in [0.25, 0.3) is 0 Å². The molecule has 0 bridgehead atoms. The molecule has 1 aromatic rings. The third-order valence-electron chi connectivity index (χ3n) is 3.69. The van der Waals surface area contributed by atoms with Gasteiger partial charge in [0.2, 0.25) is 5.91 Å². The summed E-state index contributed by atoms with van der Waals surface area (Å²) < 4.78 is 10.6. The lowest BCUT2D eigenvalue weighted by Gasteiger charge is -2.12. The zero-order chi connectivity index (χ0) is 15.9. The Morgan fingerprint density at radius 3 is 2.91 bits per heavy atom. The van der Waals surface area contributed by atoms with Crippen molar-refractivity contribution in [3.8, 4) is 5.75 Å². The Balaban J connectivity index is 1.83. The van der Waals surface area contributed by atoms with Crippen molar-refractivity contribution >= 4 is 11.9 Å². The molecule has 0 aliphatic carbocycles. The van der Waals surface area contributed by atoms with Crippen molar-refractivity contribution in [3.63, 3.8) is 0 Å². The van der Waals surface area contributed by atoms with Gasteiger partial charge in [0.05, 0.1) is 25.2 Å². The normalized spacial score (nSPS) is 17.2. The minimum absolute atomic E-state index is 0.0203. The molecule has 2 N–H and O–H groups in total. The second-order valence-corrected chi connectivity index (χ2v) is 5.27. The Morgan fingerprint density at radius 1 is 1.45 bits per heavy atom. The Kier molecular flexibility index (Phi) is 5.77. The van der Waals surface area contributed by atoms with Crippen LogP contribution < -0.4 is 10.1 Å². The van der Waals surface area contributed by atoms with Crippen molar-refractivity contribution in [3.05, 3.63) is 29.3 Å². The molecule has 1 heterocycles. The third-order valence-corrected chi connectivity index (χ3v) is 3.69. The van der Waals surface area contributed by atoms with Crippen LogP contribution in [0.1, 0.15) is 35.2 Å². The number of methoxy groups -OCH3 is 1. The third kappa shape index (κ3) is 4.46. The summed E-state index contributed by atoms with van der Waals surface area (Å²) in [4.78, 5) is 22.7. The van der Waals surface area contributed by atoms with Gasteiger partial charge in [-0.15, -0.1) is 0 Å². The summed E-state index contributed by atoms with van der Waals surface area (Å²) in [6.45, 7) is 1.22. The highest BCUT2D eigenvalue weighted by Crippen LogP contribution is 2.21. The first-order chi connectivity index (χ1) is 10.6. The molecule has 0 radical (unpaired) electrons. The average Bonchev–Trinajstić information content (AvgIpc) is 3.00. The number of rotatable bonds is 7. The van der Waals surface area contributed by atoms with E-state index in [0.717, 1.165) is 25.0 Å². The zero-order valence-electron chi connectivity index (χ0n) is 12.6. The minimum atomic E-state index is -0.991. The van der Waals surface area contributed by atoms with Crippen LogP contribution in [0.5, 0.6) is 5.75 Å². The molecule has 6 nitrogen and oxygen atoms in total. The molecule has 6 heteroatoms. The van der Waals surface area contributed by atoms with E-state index in [-0.39, 0.29) is 17.6 Å². The summed E-state index contributed by atoms with van der Waals surface area (Å²) in [5, 5.41) is 11.8. The Morgan fingerprint density at radius 2 is 2.27 bits per heavy atom. The number of hydrogen-bond acceptors (Lipinski definition) is 4. The Bertz CT molecular complexity index is 537. The second-order valence-electron chi connectivity index (χ2n) is 5.27. The number of ether oxygens (including phenoxy) is 2. The maximum absolute atomic E-state index is 11.8. The van der Waals surface area contributed by atoms with Gasteiger partial charge in [-0.2, -0.15) is 0 Å². The molecule has 0 aromatic heterocycles. The van der Waals surface area contributed by atoms with Crippen molar-refractivity contribution in [1.82, 2.24) is 5.32 Å². The van der Waals surface area contributed by atoms with E-state index in [9.17, 15) is 9.59 Å². The Hall–Kier alpha value is -2.08. The second kappa shape index (κ2) is 7.79. The SMILES string of the molecule is COc1cc(C(=O)O)ccc1CCNC(=O)CC1CCCO1. The van der Waals surface area contributed by atoms with Gasteiger partial charge in [-0.25, -0.2) is 4.79 Å². The highest BCUT2D eigenvalue weighted by Gasteiger charge is 2.18. The number of carboxylic acids is 1. The van der Waals surface area contributed by atoms with Crippen molar-refractivity contribution in [2.45, 2.75) is 31.8 Å². The van der Waals surface area contributed by atoms with Crippen molar-refractivity contribution in [1.29, 1.82) is 0 Å². The summed E-state index contributed by atoms with van der Waals surface area (Å²) in [6.07, 6.45) is 2.99. The molecule has 1 atom stereocenters. The summed E-state index contributed by atoms with van der Waals surface area (Å²) in [6, 6.07) is 4.74. The average molecular weight is 307 g/mol. The summed E-state index contributed by atoms with van der Waals surface area (Å²) in [7, 11) is 1.50. The molecule has 1 unspecified atom stereocenters. The van der Waals surface area contributed by atoms with Crippen LogP contribution >= 0.6 is 0 Å². The van der Waals surface area contributed by atoms with Gasteiger partial charge < -0.3 is 19.9 Å². The molecule has 1 aromatic carbocycles. The van der Waals surface area contributed by atoms with Gasteiger partial charge in [-0.3, -0.25) is 4.79 Å². The molecule has 1 fully saturated rings. The van der Waals surface area contributed by atoms with Crippen LogP contribution in [0.3, 0.4) is 0 Å². The molecular formula is C16H21NO5. The molecule has 1 aliphatic rings. The summed E-state index contributed by atoms with van der Waals surface area (Å²) >= 11 is 0. The van der Waals surface area contributed by atoms with Gasteiger partial charge in [0.15, 0.2) is 0 Å². The van der Waals surface area contributed by atoms with E-state index >= 15 is 0 Å². The molecule has 0 saturated carbocycles. The Labute approximate surface area is 129 Å². The fourth-order valence-corrected chi connectivity index (χ4v) is 2.50. The predicted octanol–water partition coefficient (Wildman–Crippen LogP) is 1.62. The number of nitrogens with one attached hydrogen (secondary N) is 1. The topological polar surface area (TPSA) is 84.9 Å². The van der Waals surface area contributed by atoms with Crippen LogP contribution in [0.15, 0.2) is 18.2 Å². The van der Waals surface area contributed by atoms with Crippen LogP contribution in [0.25, 0.3) is 0 Å². The molecule has 22 heavy (non-hydrogen) atoms. The molecule has 0 spiro atoms. The fraction of sp³-hybridized carbons (Fsp3) is 0.500. The van der Waals surface area contributed by atoms with Crippen LogP contribution in [0.2, 0.25) is 0 Å². The minimum Gasteiger partial charge on any atom is -0.496 e. The lowest BCUT2D eigenvalue weighted by molar-refractivity contribution is -0.123. The van der Waals surface area contributed by atoms with Crippen LogP contribution in [-0.4, -0.2) is 43.3 Å². The molecular weight excluding hydrogens is 286 g/mol. The number of amides is 1. The lowest BCUT2D eigenvalue weighted by Crippen LogP contribution is -2.29.